The molecule has 0 bridgehead atoms. The van der Waals surface area contributed by atoms with E-state index in [0.29, 0.717) is 25.8 Å². The van der Waals surface area contributed by atoms with Gasteiger partial charge in [0.15, 0.2) is 5.78 Å². The third-order valence-electron chi connectivity index (χ3n) is 9.72. The Bertz CT molecular complexity index is 958. The van der Waals surface area contributed by atoms with Gasteiger partial charge in [-0.2, -0.15) is 0 Å². The van der Waals surface area contributed by atoms with Crippen LogP contribution in [0.2, 0.25) is 0 Å². The smallest absolute Gasteiger partial charge is 0.252 e. The quantitative estimate of drug-likeness (QED) is 0.675. The molecule has 3 saturated carbocycles. The second-order valence-electron chi connectivity index (χ2n) is 11.1. The molecular weight excluding hydrogens is 402 g/mol. The van der Waals surface area contributed by atoms with Crippen LogP contribution in [0.25, 0.3) is 0 Å². The third kappa shape index (κ3) is 3.04. The number of nitrogens with one attached hydrogen (secondary N) is 1. The fraction of sp³-hybridized carbons (Fsp3) is 0.630. The van der Waals surface area contributed by atoms with E-state index in [1.165, 1.54) is 5.57 Å². The van der Waals surface area contributed by atoms with Gasteiger partial charge in [0.1, 0.15) is 5.60 Å². The second kappa shape index (κ2) is 7.53. The number of amides is 1. The van der Waals surface area contributed by atoms with Gasteiger partial charge in [0.25, 0.3) is 5.91 Å². The van der Waals surface area contributed by atoms with Gasteiger partial charge in [0.05, 0.1) is 6.10 Å². The molecule has 5 heteroatoms. The van der Waals surface area contributed by atoms with Crippen molar-refractivity contribution in [1.29, 1.82) is 0 Å². The number of carbonyl (C=O) groups excluding carboxylic acids is 2. The van der Waals surface area contributed by atoms with Crippen LogP contribution in [0.5, 0.6) is 0 Å². The monoisotopic (exact) mass is 437 g/mol. The summed E-state index contributed by atoms with van der Waals surface area (Å²) < 4.78 is 0. The van der Waals surface area contributed by atoms with Crippen molar-refractivity contribution >= 4 is 11.7 Å². The summed E-state index contributed by atoms with van der Waals surface area (Å²) in [5, 5.41) is 26.2. The van der Waals surface area contributed by atoms with E-state index >= 15 is 0 Å². The van der Waals surface area contributed by atoms with Crippen LogP contribution in [0.1, 0.15) is 64.4 Å². The number of rotatable bonds is 3. The zero-order valence-electron chi connectivity index (χ0n) is 19.1. The first-order valence-corrected chi connectivity index (χ1v) is 12.2. The summed E-state index contributed by atoms with van der Waals surface area (Å²) >= 11 is 0. The number of aliphatic hydroxyl groups is 2. The number of fused-ring (bicyclic) bond motifs is 5. The lowest BCUT2D eigenvalue weighted by molar-refractivity contribution is -0.182. The van der Waals surface area contributed by atoms with E-state index in [1.54, 1.807) is 0 Å². The van der Waals surface area contributed by atoms with Gasteiger partial charge in [-0.15, -0.1) is 0 Å². The Balaban J connectivity index is 1.40. The fourth-order valence-electron chi connectivity index (χ4n) is 7.99. The number of allylic oxidation sites excluding steroid dienone is 1. The van der Waals surface area contributed by atoms with E-state index in [4.69, 9.17) is 0 Å². The van der Waals surface area contributed by atoms with E-state index in [1.807, 2.05) is 43.3 Å². The van der Waals surface area contributed by atoms with Gasteiger partial charge in [-0.3, -0.25) is 9.59 Å². The summed E-state index contributed by atoms with van der Waals surface area (Å²) in [5.41, 5.74) is -0.0897. The van der Waals surface area contributed by atoms with Crippen molar-refractivity contribution < 1.29 is 19.8 Å². The van der Waals surface area contributed by atoms with Crippen molar-refractivity contribution in [2.45, 2.75) is 77.0 Å². The van der Waals surface area contributed by atoms with Gasteiger partial charge in [-0.25, -0.2) is 0 Å². The van der Waals surface area contributed by atoms with Crippen LogP contribution in [0.3, 0.4) is 0 Å². The van der Waals surface area contributed by atoms with Crippen molar-refractivity contribution in [3.05, 3.63) is 47.5 Å². The van der Waals surface area contributed by atoms with Crippen LogP contribution in [0.4, 0.5) is 0 Å². The molecule has 3 unspecified atom stereocenters. The number of ketones is 1. The maximum atomic E-state index is 13.3. The van der Waals surface area contributed by atoms with Crippen LogP contribution in [-0.4, -0.2) is 33.6 Å². The third-order valence-corrected chi connectivity index (χ3v) is 9.72. The lowest BCUT2D eigenvalue weighted by Crippen LogP contribution is -2.63. The van der Waals surface area contributed by atoms with Crippen molar-refractivity contribution in [1.82, 2.24) is 5.32 Å². The minimum absolute atomic E-state index is 0.0865. The first-order valence-electron chi connectivity index (χ1n) is 12.2. The van der Waals surface area contributed by atoms with E-state index in [-0.39, 0.29) is 34.9 Å². The van der Waals surface area contributed by atoms with Crippen molar-refractivity contribution in [3.8, 4) is 0 Å². The molecule has 32 heavy (non-hydrogen) atoms. The lowest BCUT2D eigenvalue weighted by atomic mass is 9.45. The largest absolute Gasteiger partial charge is 0.393 e. The SMILES string of the molecule is C[C@]12CCC(=O)C=C1CCC1C2[C@@H](O)C[C@@]2(C)C1CC[C@]2(O)C(=O)NCc1ccccc1. The topological polar surface area (TPSA) is 86.6 Å². The van der Waals surface area contributed by atoms with E-state index in [0.717, 1.165) is 31.2 Å². The maximum absolute atomic E-state index is 13.3. The Morgan fingerprint density at radius 3 is 2.62 bits per heavy atom. The molecule has 4 aliphatic rings. The Kier molecular flexibility index (Phi) is 5.14. The van der Waals surface area contributed by atoms with E-state index in [9.17, 15) is 19.8 Å². The predicted octanol–water partition coefficient (Wildman–Crippen LogP) is 3.54. The highest BCUT2D eigenvalue weighted by Crippen LogP contribution is 2.67. The Morgan fingerprint density at radius 1 is 1.12 bits per heavy atom. The van der Waals surface area contributed by atoms with Crippen molar-refractivity contribution in [3.63, 3.8) is 0 Å². The van der Waals surface area contributed by atoms with Crippen LogP contribution in [0, 0.1) is 28.6 Å². The molecule has 0 heterocycles. The van der Waals surface area contributed by atoms with E-state index < -0.39 is 17.1 Å². The van der Waals surface area contributed by atoms with Gasteiger partial charge in [-0.05, 0) is 73.3 Å². The number of benzene rings is 1. The molecule has 1 amide bonds. The summed E-state index contributed by atoms with van der Waals surface area (Å²) in [5.74, 6) is 0.428. The highest BCUT2D eigenvalue weighted by Gasteiger charge is 2.68. The highest BCUT2D eigenvalue weighted by molar-refractivity contribution is 5.91. The number of carbonyl (C=O) groups is 2. The fourth-order valence-corrected chi connectivity index (χ4v) is 7.99. The van der Waals surface area contributed by atoms with Gasteiger partial charge in [0, 0.05) is 18.4 Å². The zero-order chi connectivity index (χ0) is 22.7. The molecule has 0 radical (unpaired) electrons. The first-order chi connectivity index (χ1) is 15.2. The Labute approximate surface area is 190 Å². The van der Waals surface area contributed by atoms with Crippen molar-refractivity contribution in [2.24, 2.45) is 28.6 Å². The van der Waals surface area contributed by atoms with Gasteiger partial charge < -0.3 is 15.5 Å². The first kappa shape index (κ1) is 21.8. The molecule has 0 spiro atoms. The average Bonchev–Trinajstić information content (AvgIpc) is 3.04. The number of hydrogen-bond donors (Lipinski definition) is 3. The van der Waals surface area contributed by atoms with Crippen molar-refractivity contribution in [2.75, 3.05) is 0 Å². The molecule has 7 atom stereocenters. The maximum Gasteiger partial charge on any atom is 0.252 e. The molecule has 0 aliphatic heterocycles. The predicted molar refractivity (Wildman–Crippen MR) is 121 cm³/mol. The highest BCUT2D eigenvalue weighted by atomic mass is 16.3. The lowest BCUT2D eigenvalue weighted by Gasteiger charge is -2.60. The van der Waals surface area contributed by atoms with Crippen LogP contribution < -0.4 is 5.32 Å². The molecule has 1 aromatic rings. The number of aliphatic hydroxyl groups excluding tert-OH is 1. The standard InChI is InChI=1S/C27H35NO4/c1-25-12-10-19(29)14-18(25)8-9-20-21-11-13-27(32,26(21,2)15-22(30)23(20)25)24(31)28-16-17-6-4-3-5-7-17/h3-7,14,20-23,30,32H,8-13,15-16H2,1-2H3,(H,28,31)/t20?,21?,22-,23?,25-,26-,27-/m0/s1. The van der Waals surface area contributed by atoms with Gasteiger partial charge in [-0.1, -0.05) is 49.8 Å². The molecule has 0 aromatic heterocycles. The molecule has 5 rings (SSSR count). The minimum Gasteiger partial charge on any atom is -0.393 e. The molecule has 3 fully saturated rings. The van der Waals surface area contributed by atoms with Crippen LogP contribution in [0.15, 0.2) is 42.0 Å². The molecular formula is C27H35NO4. The number of hydrogen-bond acceptors (Lipinski definition) is 4. The summed E-state index contributed by atoms with van der Waals surface area (Å²) in [6.07, 6.45) is 6.03. The normalized spacial score (nSPS) is 43.0. The molecule has 5 nitrogen and oxygen atoms in total. The van der Waals surface area contributed by atoms with Gasteiger partial charge >= 0.3 is 0 Å². The molecule has 172 valence electrons. The second-order valence-corrected chi connectivity index (χ2v) is 11.1. The van der Waals surface area contributed by atoms with E-state index in [2.05, 4.69) is 12.2 Å². The Hall–Kier alpha value is -1.98. The van der Waals surface area contributed by atoms with Gasteiger partial charge in [0.2, 0.25) is 0 Å². The molecule has 4 aliphatic carbocycles. The minimum atomic E-state index is -1.47. The Morgan fingerprint density at radius 2 is 1.88 bits per heavy atom. The summed E-state index contributed by atoms with van der Waals surface area (Å²) in [4.78, 5) is 25.3. The summed E-state index contributed by atoms with van der Waals surface area (Å²) in [6, 6.07) is 9.73. The summed E-state index contributed by atoms with van der Waals surface area (Å²) in [6.45, 7) is 4.63. The zero-order valence-corrected chi connectivity index (χ0v) is 19.1. The molecule has 0 saturated heterocycles. The molecule has 3 N–H and O–H groups in total. The average molecular weight is 438 g/mol. The molecule has 1 aromatic carbocycles. The van der Waals surface area contributed by atoms with Crippen LogP contribution in [-0.2, 0) is 16.1 Å². The van der Waals surface area contributed by atoms with Crippen LogP contribution >= 0.6 is 0 Å². The summed E-state index contributed by atoms with van der Waals surface area (Å²) in [7, 11) is 0.